The van der Waals surface area contributed by atoms with Crippen LogP contribution in [0.3, 0.4) is 0 Å². The van der Waals surface area contributed by atoms with Crippen LogP contribution in [0.2, 0.25) is 0 Å². The summed E-state index contributed by atoms with van der Waals surface area (Å²) in [6.45, 7) is 9.65. The molecule has 2 aliphatic rings. The monoisotopic (exact) mass is 432 g/mol. The highest BCUT2D eigenvalue weighted by molar-refractivity contribution is 7.20. The lowest BCUT2D eigenvalue weighted by Crippen LogP contribution is -2.65. The van der Waals surface area contributed by atoms with Crippen LogP contribution in [-0.2, 0) is 9.47 Å². The maximum atomic E-state index is 13.4. The van der Waals surface area contributed by atoms with Gasteiger partial charge in [0.15, 0.2) is 0 Å². The number of esters is 1. The first-order chi connectivity index (χ1) is 14.5. The molecule has 0 amide bonds. The van der Waals surface area contributed by atoms with Crippen molar-refractivity contribution in [3.63, 3.8) is 0 Å². The van der Waals surface area contributed by atoms with Gasteiger partial charge in [-0.15, -0.1) is 11.3 Å². The summed E-state index contributed by atoms with van der Waals surface area (Å²) in [5.41, 5.74) is -0.670. The third-order valence-corrected chi connectivity index (χ3v) is 7.50. The molecule has 0 spiro atoms. The highest BCUT2D eigenvalue weighted by Crippen LogP contribution is 2.42. The van der Waals surface area contributed by atoms with Crippen LogP contribution in [0.4, 0.5) is 0 Å². The zero-order valence-electron chi connectivity index (χ0n) is 18.0. The predicted molar refractivity (Wildman–Crippen MR) is 118 cm³/mol. The lowest BCUT2D eigenvalue weighted by Gasteiger charge is -2.51. The molecule has 0 aliphatic carbocycles. The topological polar surface area (TPSA) is 85.4 Å². The maximum Gasteiger partial charge on any atom is 0.349 e. The van der Waals surface area contributed by atoms with Gasteiger partial charge in [-0.1, -0.05) is 13.8 Å². The normalized spacial score (nSPS) is 28.1. The Kier molecular flexibility index (Phi) is 6.67. The van der Waals surface area contributed by atoms with E-state index in [1.807, 2.05) is 13.0 Å². The average Bonchev–Trinajstić information content (AvgIpc) is 3.41. The van der Waals surface area contributed by atoms with Gasteiger partial charge >= 0.3 is 5.97 Å². The van der Waals surface area contributed by atoms with Crippen molar-refractivity contribution in [2.24, 2.45) is 11.8 Å². The van der Waals surface area contributed by atoms with Crippen molar-refractivity contribution in [3.05, 3.63) is 23.5 Å². The number of nitrogens with one attached hydrogen (secondary N) is 2. The molecule has 4 rings (SSSR count). The Labute approximate surface area is 182 Å². The summed E-state index contributed by atoms with van der Waals surface area (Å²) in [5, 5.41) is 7.98. The summed E-state index contributed by atoms with van der Waals surface area (Å²) in [5.74, 6) is 0.236. The van der Waals surface area contributed by atoms with Gasteiger partial charge < -0.3 is 20.1 Å². The summed E-state index contributed by atoms with van der Waals surface area (Å²) in [4.78, 5) is 23.1. The Morgan fingerprint density at radius 1 is 1.40 bits per heavy atom. The summed E-state index contributed by atoms with van der Waals surface area (Å²) in [6, 6.07) is 2.04. The van der Waals surface area contributed by atoms with E-state index in [-0.39, 0.29) is 24.0 Å². The molecule has 2 fully saturated rings. The fraction of sp³-hybridized carbons (Fsp3) is 0.682. The minimum atomic E-state index is -0.670. The first-order valence-electron chi connectivity index (χ1n) is 11.0. The van der Waals surface area contributed by atoms with Crippen LogP contribution in [0.5, 0.6) is 0 Å². The molecule has 0 saturated carbocycles. The number of thiophene rings is 1. The molecule has 7 nitrogen and oxygen atoms in total. The van der Waals surface area contributed by atoms with Crippen LogP contribution in [0.15, 0.2) is 18.6 Å². The van der Waals surface area contributed by atoms with Gasteiger partial charge in [-0.3, -0.25) is 0 Å². The average molecular weight is 433 g/mol. The standard InChI is InChI=1S/C22H32N4O3S/c1-4-28-19(17-6-5-8-25-17)22(7-9-23-12-16(22)14(2)3)29-21(27)18-10-15-11-24-13-26-20(15)30-18/h10-11,13-14,16-17,19,23,25H,4-9,12H2,1-3H3. The first-order valence-corrected chi connectivity index (χ1v) is 11.9. The van der Waals surface area contributed by atoms with Crippen LogP contribution in [0, 0.1) is 11.8 Å². The SMILES string of the molecule is CCOC(C1CCCN1)C1(OC(=O)c2cc3cncnc3s2)CCNCC1C(C)C. The second-order valence-corrected chi connectivity index (χ2v) is 9.65. The minimum absolute atomic E-state index is 0.169. The van der Waals surface area contributed by atoms with Gasteiger partial charge in [-0.2, -0.15) is 0 Å². The number of nitrogens with zero attached hydrogens (tertiary/aromatic N) is 2. The fourth-order valence-corrected chi connectivity index (χ4v) is 5.94. The Morgan fingerprint density at radius 3 is 2.97 bits per heavy atom. The van der Waals surface area contributed by atoms with Gasteiger partial charge in [0.2, 0.25) is 0 Å². The molecule has 2 aromatic heterocycles. The quantitative estimate of drug-likeness (QED) is 0.651. The number of piperidine rings is 1. The van der Waals surface area contributed by atoms with Crippen LogP contribution in [-0.4, -0.2) is 59.9 Å². The number of aromatic nitrogens is 2. The zero-order valence-corrected chi connectivity index (χ0v) is 18.8. The highest BCUT2D eigenvalue weighted by atomic mass is 32.1. The third-order valence-electron chi connectivity index (χ3n) is 6.46. The molecule has 164 valence electrons. The summed E-state index contributed by atoms with van der Waals surface area (Å²) in [6.07, 6.45) is 5.98. The first kappa shape index (κ1) is 21.6. The number of carbonyl (C=O) groups excluding carboxylic acids is 1. The van der Waals surface area contributed by atoms with Crippen molar-refractivity contribution >= 4 is 27.5 Å². The number of fused-ring (bicyclic) bond motifs is 1. The van der Waals surface area contributed by atoms with Gasteiger partial charge in [0.1, 0.15) is 27.7 Å². The van der Waals surface area contributed by atoms with Crippen LogP contribution in [0.25, 0.3) is 10.2 Å². The van der Waals surface area contributed by atoms with E-state index < -0.39 is 5.60 Å². The predicted octanol–water partition coefficient (Wildman–Crippen LogP) is 3.01. The van der Waals surface area contributed by atoms with Crippen molar-refractivity contribution in [2.45, 2.75) is 57.8 Å². The van der Waals surface area contributed by atoms with E-state index in [0.717, 1.165) is 49.1 Å². The number of hydrogen-bond donors (Lipinski definition) is 2. The minimum Gasteiger partial charge on any atom is -0.452 e. The van der Waals surface area contributed by atoms with Crippen molar-refractivity contribution in [1.29, 1.82) is 0 Å². The molecule has 4 heterocycles. The second kappa shape index (κ2) is 9.26. The molecule has 2 aliphatic heterocycles. The fourth-order valence-electron chi connectivity index (χ4n) is 5.10. The molecule has 4 unspecified atom stereocenters. The molecule has 2 N–H and O–H groups in total. The molecular formula is C22H32N4O3S. The van der Waals surface area contributed by atoms with E-state index in [4.69, 9.17) is 9.47 Å². The molecule has 4 atom stereocenters. The van der Waals surface area contributed by atoms with Crippen molar-refractivity contribution in [2.75, 3.05) is 26.2 Å². The van der Waals surface area contributed by atoms with Crippen molar-refractivity contribution in [3.8, 4) is 0 Å². The second-order valence-electron chi connectivity index (χ2n) is 8.62. The number of rotatable bonds is 7. The van der Waals surface area contributed by atoms with E-state index in [1.54, 1.807) is 6.20 Å². The Morgan fingerprint density at radius 2 is 2.27 bits per heavy atom. The Bertz CT molecular complexity index is 834. The molecule has 2 saturated heterocycles. The zero-order chi connectivity index (χ0) is 21.1. The number of carbonyl (C=O) groups is 1. The van der Waals surface area contributed by atoms with E-state index in [0.29, 0.717) is 17.4 Å². The van der Waals surface area contributed by atoms with Crippen LogP contribution < -0.4 is 10.6 Å². The summed E-state index contributed by atoms with van der Waals surface area (Å²) in [7, 11) is 0. The van der Waals surface area contributed by atoms with Crippen molar-refractivity contribution in [1.82, 2.24) is 20.6 Å². The number of hydrogen-bond acceptors (Lipinski definition) is 8. The lowest BCUT2D eigenvalue weighted by molar-refractivity contribution is -0.171. The van der Waals surface area contributed by atoms with Gasteiger partial charge in [-0.05, 0) is 44.8 Å². The Balaban J connectivity index is 1.71. The van der Waals surface area contributed by atoms with E-state index in [2.05, 4.69) is 34.4 Å². The Hall–Kier alpha value is -1.61. The van der Waals surface area contributed by atoms with E-state index in [1.165, 1.54) is 17.7 Å². The molecule has 30 heavy (non-hydrogen) atoms. The van der Waals surface area contributed by atoms with Gasteiger partial charge in [0.05, 0.1) is 0 Å². The third kappa shape index (κ3) is 4.10. The van der Waals surface area contributed by atoms with E-state index >= 15 is 0 Å². The van der Waals surface area contributed by atoms with Gasteiger partial charge in [-0.25, -0.2) is 14.8 Å². The van der Waals surface area contributed by atoms with Gasteiger partial charge in [0.25, 0.3) is 0 Å². The van der Waals surface area contributed by atoms with Crippen LogP contribution >= 0.6 is 11.3 Å². The molecule has 2 aromatic rings. The summed E-state index contributed by atoms with van der Waals surface area (Å²) < 4.78 is 12.9. The molecule has 0 aromatic carbocycles. The van der Waals surface area contributed by atoms with Crippen molar-refractivity contribution < 1.29 is 14.3 Å². The largest absolute Gasteiger partial charge is 0.452 e. The molecule has 0 radical (unpaired) electrons. The lowest BCUT2D eigenvalue weighted by atomic mass is 9.70. The molecular weight excluding hydrogens is 400 g/mol. The molecule has 8 heteroatoms. The number of ether oxygens (including phenoxy) is 2. The maximum absolute atomic E-state index is 13.4. The highest BCUT2D eigenvalue weighted by Gasteiger charge is 2.54. The molecule has 0 bridgehead atoms. The van der Waals surface area contributed by atoms with Gasteiger partial charge in [0, 0.05) is 43.1 Å². The van der Waals surface area contributed by atoms with E-state index in [9.17, 15) is 4.79 Å². The van der Waals surface area contributed by atoms with Crippen LogP contribution in [0.1, 0.15) is 49.7 Å². The smallest absolute Gasteiger partial charge is 0.349 e. The summed E-state index contributed by atoms with van der Waals surface area (Å²) >= 11 is 1.36.